The van der Waals surface area contributed by atoms with Crippen LogP contribution in [0.2, 0.25) is 0 Å². The summed E-state index contributed by atoms with van der Waals surface area (Å²) in [6, 6.07) is 6.54. The fourth-order valence-corrected chi connectivity index (χ4v) is 1.77. The summed E-state index contributed by atoms with van der Waals surface area (Å²) in [6.07, 6.45) is 0.601. The van der Waals surface area contributed by atoms with Crippen LogP contribution in [0.4, 0.5) is 5.69 Å². The van der Waals surface area contributed by atoms with Crippen molar-refractivity contribution in [2.75, 3.05) is 19.8 Å². The minimum absolute atomic E-state index is 0.113. The lowest BCUT2D eigenvalue weighted by molar-refractivity contribution is -0.384. The molecule has 0 aliphatic heterocycles. The molecule has 1 N–H and O–H groups in total. The van der Waals surface area contributed by atoms with E-state index in [4.69, 9.17) is 9.47 Å². The van der Waals surface area contributed by atoms with Crippen LogP contribution in [0.15, 0.2) is 24.3 Å². The zero-order valence-electron chi connectivity index (χ0n) is 12.0. The van der Waals surface area contributed by atoms with Crippen LogP contribution in [0.5, 0.6) is 0 Å². The molecule has 20 heavy (non-hydrogen) atoms. The topological polar surface area (TPSA) is 73.6 Å². The average Bonchev–Trinajstić information content (AvgIpc) is 2.44. The number of ether oxygens (including phenoxy) is 2. The molecule has 0 saturated carbocycles. The summed E-state index contributed by atoms with van der Waals surface area (Å²) in [4.78, 5) is 10.1. The smallest absolute Gasteiger partial charge is 0.269 e. The van der Waals surface area contributed by atoms with E-state index in [-0.39, 0.29) is 12.0 Å². The molecule has 0 aromatic heterocycles. The van der Waals surface area contributed by atoms with E-state index in [0.29, 0.717) is 19.8 Å². The van der Waals surface area contributed by atoms with Gasteiger partial charge in [-0.1, -0.05) is 12.1 Å². The second-order valence-electron chi connectivity index (χ2n) is 4.23. The Morgan fingerprint density at radius 3 is 2.30 bits per heavy atom. The molecule has 112 valence electrons. The molecule has 0 unspecified atom stereocenters. The van der Waals surface area contributed by atoms with Crippen molar-refractivity contribution in [1.82, 2.24) is 5.32 Å². The number of non-ortho nitro benzene ring substituents is 1. The zero-order chi connectivity index (χ0) is 14.8. The second kappa shape index (κ2) is 9.41. The quantitative estimate of drug-likeness (QED) is 0.309. The van der Waals surface area contributed by atoms with Crippen LogP contribution in [0.1, 0.15) is 25.8 Å². The molecule has 0 fully saturated rings. The molecular formula is C14H22N2O4. The number of hydrogen-bond acceptors (Lipinski definition) is 5. The zero-order valence-corrected chi connectivity index (χ0v) is 12.0. The lowest BCUT2D eigenvalue weighted by Crippen LogP contribution is -2.24. The van der Waals surface area contributed by atoms with Gasteiger partial charge in [0.1, 0.15) is 0 Å². The Balaban J connectivity index is 2.27. The molecule has 0 aliphatic carbocycles. The highest BCUT2D eigenvalue weighted by Crippen LogP contribution is 2.11. The van der Waals surface area contributed by atoms with Crippen molar-refractivity contribution in [2.24, 2.45) is 0 Å². The molecule has 0 atom stereocenters. The van der Waals surface area contributed by atoms with Gasteiger partial charge in [0.2, 0.25) is 0 Å². The van der Waals surface area contributed by atoms with Crippen molar-refractivity contribution < 1.29 is 14.4 Å². The van der Waals surface area contributed by atoms with Crippen molar-refractivity contribution >= 4 is 5.69 Å². The van der Waals surface area contributed by atoms with E-state index >= 15 is 0 Å². The van der Waals surface area contributed by atoms with Gasteiger partial charge in [0.05, 0.1) is 4.92 Å². The summed E-state index contributed by atoms with van der Waals surface area (Å²) >= 11 is 0. The van der Waals surface area contributed by atoms with E-state index in [0.717, 1.165) is 18.5 Å². The minimum atomic E-state index is -0.397. The molecule has 1 rings (SSSR count). The monoisotopic (exact) mass is 282 g/mol. The van der Waals surface area contributed by atoms with Gasteiger partial charge in [0.25, 0.3) is 5.69 Å². The third-order valence-electron chi connectivity index (χ3n) is 2.74. The standard InChI is InChI=1S/C14H22N2O4/c1-3-19-14(20-4-2)9-10-15-11-12-5-7-13(8-6-12)16(17)18/h5-8,14-15H,3-4,9-11H2,1-2H3. The Hall–Kier alpha value is -1.50. The molecule has 0 radical (unpaired) electrons. The Morgan fingerprint density at radius 1 is 1.20 bits per heavy atom. The maximum absolute atomic E-state index is 10.5. The lowest BCUT2D eigenvalue weighted by Gasteiger charge is -2.16. The number of benzene rings is 1. The van der Waals surface area contributed by atoms with E-state index < -0.39 is 4.92 Å². The first kappa shape index (κ1) is 16.6. The Kier molecular flexibility index (Phi) is 7.79. The van der Waals surface area contributed by atoms with Gasteiger partial charge < -0.3 is 14.8 Å². The summed E-state index contributed by atoms with van der Waals surface area (Å²) < 4.78 is 10.9. The molecule has 1 aromatic carbocycles. The van der Waals surface area contributed by atoms with Crippen LogP contribution >= 0.6 is 0 Å². The van der Waals surface area contributed by atoms with Crippen molar-refractivity contribution in [3.63, 3.8) is 0 Å². The number of rotatable bonds is 10. The van der Waals surface area contributed by atoms with Crippen molar-refractivity contribution in [3.8, 4) is 0 Å². The van der Waals surface area contributed by atoms with Crippen LogP contribution in [-0.4, -0.2) is 31.0 Å². The van der Waals surface area contributed by atoms with Crippen LogP contribution in [-0.2, 0) is 16.0 Å². The highest BCUT2D eigenvalue weighted by Gasteiger charge is 2.07. The molecule has 6 heteroatoms. The fraction of sp³-hybridized carbons (Fsp3) is 0.571. The Morgan fingerprint density at radius 2 is 1.80 bits per heavy atom. The van der Waals surface area contributed by atoms with E-state index in [1.807, 2.05) is 13.8 Å². The van der Waals surface area contributed by atoms with Gasteiger partial charge in [0.15, 0.2) is 6.29 Å². The van der Waals surface area contributed by atoms with Crippen LogP contribution in [0.25, 0.3) is 0 Å². The first-order valence-corrected chi connectivity index (χ1v) is 6.84. The molecule has 1 aromatic rings. The van der Waals surface area contributed by atoms with Crippen molar-refractivity contribution in [1.29, 1.82) is 0 Å². The third kappa shape index (κ3) is 6.10. The number of nitrogens with one attached hydrogen (secondary N) is 1. The van der Waals surface area contributed by atoms with Gasteiger partial charge in [-0.25, -0.2) is 0 Å². The fourth-order valence-electron chi connectivity index (χ4n) is 1.77. The highest BCUT2D eigenvalue weighted by atomic mass is 16.7. The first-order valence-electron chi connectivity index (χ1n) is 6.84. The number of hydrogen-bond donors (Lipinski definition) is 1. The molecule has 6 nitrogen and oxygen atoms in total. The van der Waals surface area contributed by atoms with E-state index in [9.17, 15) is 10.1 Å². The summed E-state index contributed by atoms with van der Waals surface area (Å²) in [5.74, 6) is 0. The highest BCUT2D eigenvalue weighted by molar-refractivity contribution is 5.32. The van der Waals surface area contributed by atoms with Gasteiger partial charge in [0, 0.05) is 44.9 Å². The SMILES string of the molecule is CCOC(CCNCc1ccc([N+](=O)[O-])cc1)OCC. The summed E-state index contributed by atoms with van der Waals surface area (Å²) in [5, 5.41) is 13.8. The van der Waals surface area contributed by atoms with E-state index in [1.54, 1.807) is 12.1 Å². The van der Waals surface area contributed by atoms with Crippen LogP contribution < -0.4 is 5.32 Å². The Bertz CT molecular complexity index is 389. The van der Waals surface area contributed by atoms with Crippen LogP contribution in [0.3, 0.4) is 0 Å². The first-order chi connectivity index (χ1) is 9.67. The van der Waals surface area contributed by atoms with E-state index in [1.165, 1.54) is 12.1 Å². The maximum Gasteiger partial charge on any atom is 0.269 e. The molecule has 0 heterocycles. The Labute approximate surface area is 119 Å². The van der Waals surface area contributed by atoms with Crippen molar-refractivity contribution in [3.05, 3.63) is 39.9 Å². The van der Waals surface area contributed by atoms with E-state index in [2.05, 4.69) is 5.32 Å². The second-order valence-corrected chi connectivity index (χ2v) is 4.23. The molecule has 0 aliphatic rings. The van der Waals surface area contributed by atoms with Gasteiger partial charge >= 0.3 is 0 Å². The van der Waals surface area contributed by atoms with Gasteiger partial charge in [-0.05, 0) is 19.4 Å². The third-order valence-corrected chi connectivity index (χ3v) is 2.74. The maximum atomic E-state index is 10.5. The van der Waals surface area contributed by atoms with Gasteiger partial charge in [-0.15, -0.1) is 0 Å². The predicted molar refractivity (Wildman–Crippen MR) is 76.5 cm³/mol. The predicted octanol–water partition coefficient (Wildman–Crippen LogP) is 2.47. The molecule has 0 amide bonds. The minimum Gasteiger partial charge on any atom is -0.353 e. The normalized spacial score (nSPS) is 10.9. The summed E-state index contributed by atoms with van der Waals surface area (Å²) in [5.41, 5.74) is 1.13. The summed E-state index contributed by atoms with van der Waals surface area (Å²) in [7, 11) is 0. The van der Waals surface area contributed by atoms with Crippen LogP contribution in [0, 0.1) is 10.1 Å². The number of nitro benzene ring substituents is 1. The molecule has 0 spiro atoms. The van der Waals surface area contributed by atoms with Crippen molar-refractivity contribution in [2.45, 2.75) is 33.1 Å². The lowest BCUT2D eigenvalue weighted by atomic mass is 10.2. The van der Waals surface area contributed by atoms with Gasteiger partial charge in [-0.2, -0.15) is 0 Å². The molecular weight excluding hydrogens is 260 g/mol. The molecule has 0 saturated heterocycles. The number of nitro groups is 1. The van der Waals surface area contributed by atoms with Gasteiger partial charge in [-0.3, -0.25) is 10.1 Å². The number of nitrogens with zero attached hydrogens (tertiary/aromatic N) is 1. The molecule has 0 bridgehead atoms. The largest absolute Gasteiger partial charge is 0.353 e. The summed E-state index contributed by atoms with van der Waals surface area (Å²) in [6.45, 7) is 6.58. The average molecular weight is 282 g/mol.